The van der Waals surface area contributed by atoms with Crippen LogP contribution in [0.3, 0.4) is 0 Å². The van der Waals surface area contributed by atoms with Gasteiger partial charge in [0.15, 0.2) is 0 Å². The Bertz CT molecular complexity index is 830. The summed E-state index contributed by atoms with van der Waals surface area (Å²) in [5.41, 5.74) is 2.23. The number of fused-ring (bicyclic) bond motifs is 1. The number of carbonyl (C=O) groups is 1. The van der Waals surface area contributed by atoms with E-state index in [1.54, 1.807) is 11.8 Å². The van der Waals surface area contributed by atoms with Crippen LogP contribution in [0.15, 0.2) is 30.3 Å². The molecule has 2 aliphatic heterocycles. The van der Waals surface area contributed by atoms with Crippen molar-refractivity contribution in [1.82, 2.24) is 20.0 Å². The molecule has 2 aromatic rings. The van der Waals surface area contributed by atoms with Crippen molar-refractivity contribution in [3.05, 3.63) is 36.0 Å². The van der Waals surface area contributed by atoms with Gasteiger partial charge in [-0.05, 0) is 62.9 Å². The Hall–Kier alpha value is -2.34. The van der Waals surface area contributed by atoms with Gasteiger partial charge in [-0.3, -0.25) is 9.48 Å². The maximum atomic E-state index is 12.9. The number of hydrogen-bond acceptors (Lipinski definition) is 4. The van der Waals surface area contributed by atoms with Gasteiger partial charge in [0.25, 0.3) is 5.91 Å². The fraction of sp³-hybridized carbons (Fsp3) is 0.545. The third kappa shape index (κ3) is 3.78. The summed E-state index contributed by atoms with van der Waals surface area (Å²) in [5.74, 6) is 1.26. The fourth-order valence-electron chi connectivity index (χ4n) is 4.80. The predicted molar refractivity (Wildman–Crippen MR) is 109 cm³/mol. The fourth-order valence-corrected chi connectivity index (χ4v) is 4.80. The van der Waals surface area contributed by atoms with Crippen molar-refractivity contribution >= 4 is 5.91 Å². The molecule has 2 saturated heterocycles. The normalized spacial score (nSPS) is 22.5. The molecule has 0 saturated carbocycles. The second-order valence-electron chi connectivity index (χ2n) is 7.95. The summed E-state index contributed by atoms with van der Waals surface area (Å²) in [6, 6.07) is 10.2. The van der Waals surface area contributed by atoms with Gasteiger partial charge in [-0.1, -0.05) is 18.6 Å². The van der Waals surface area contributed by atoms with E-state index in [-0.39, 0.29) is 5.91 Å². The van der Waals surface area contributed by atoms with Crippen LogP contribution in [0.25, 0.3) is 11.3 Å². The van der Waals surface area contributed by atoms with Crippen LogP contribution in [0.5, 0.6) is 5.75 Å². The molecule has 1 N–H and O–H groups in total. The van der Waals surface area contributed by atoms with Gasteiger partial charge in [0.1, 0.15) is 11.4 Å². The third-order valence-corrected chi connectivity index (χ3v) is 6.25. The molecule has 150 valence electrons. The number of piperidine rings is 2. The van der Waals surface area contributed by atoms with Crippen LogP contribution in [-0.4, -0.2) is 53.4 Å². The summed E-state index contributed by atoms with van der Waals surface area (Å²) in [5, 5.41) is 7.72. The van der Waals surface area contributed by atoms with E-state index >= 15 is 0 Å². The molecule has 0 spiro atoms. The minimum Gasteiger partial charge on any atom is -0.496 e. The average molecular weight is 383 g/mol. The summed E-state index contributed by atoms with van der Waals surface area (Å²) in [6.07, 6.45) is 6.34. The molecule has 0 aliphatic carbocycles. The van der Waals surface area contributed by atoms with E-state index in [0.29, 0.717) is 17.7 Å². The molecule has 6 heteroatoms. The molecule has 1 aromatic carbocycles. The Balaban J connectivity index is 1.44. The van der Waals surface area contributed by atoms with Gasteiger partial charge in [-0.15, -0.1) is 0 Å². The lowest BCUT2D eigenvalue weighted by Gasteiger charge is -2.44. The van der Waals surface area contributed by atoms with Gasteiger partial charge in [0.2, 0.25) is 0 Å². The Labute approximate surface area is 166 Å². The number of carbonyl (C=O) groups excluding carboxylic acids is 1. The molecule has 1 aromatic heterocycles. The summed E-state index contributed by atoms with van der Waals surface area (Å²) >= 11 is 0. The van der Waals surface area contributed by atoms with E-state index in [9.17, 15) is 4.79 Å². The first-order chi connectivity index (χ1) is 13.7. The highest BCUT2D eigenvalue weighted by Crippen LogP contribution is 2.31. The largest absolute Gasteiger partial charge is 0.496 e. The quantitative estimate of drug-likeness (QED) is 0.863. The van der Waals surface area contributed by atoms with Gasteiger partial charge in [0, 0.05) is 25.2 Å². The minimum atomic E-state index is -0.0518. The Morgan fingerprint density at radius 3 is 2.89 bits per heavy atom. The van der Waals surface area contributed by atoms with E-state index < -0.39 is 0 Å². The number of aromatic nitrogens is 2. The minimum absolute atomic E-state index is 0.0518. The summed E-state index contributed by atoms with van der Waals surface area (Å²) in [4.78, 5) is 15.5. The number of nitrogens with one attached hydrogen (secondary N) is 1. The number of benzene rings is 1. The molecule has 0 radical (unpaired) electrons. The Morgan fingerprint density at radius 2 is 2.04 bits per heavy atom. The lowest BCUT2D eigenvalue weighted by Crippen LogP contribution is -2.51. The van der Waals surface area contributed by atoms with Crippen molar-refractivity contribution in [2.24, 2.45) is 13.0 Å². The number of ether oxygens (including phenoxy) is 1. The zero-order valence-electron chi connectivity index (χ0n) is 16.9. The van der Waals surface area contributed by atoms with Crippen molar-refractivity contribution in [2.75, 3.05) is 26.7 Å². The van der Waals surface area contributed by atoms with Crippen molar-refractivity contribution in [1.29, 1.82) is 0 Å². The lowest BCUT2D eigenvalue weighted by molar-refractivity contribution is 0.0574. The van der Waals surface area contributed by atoms with Crippen LogP contribution in [-0.2, 0) is 7.05 Å². The van der Waals surface area contributed by atoms with Crippen molar-refractivity contribution in [3.63, 3.8) is 0 Å². The number of methoxy groups -OCH3 is 1. The van der Waals surface area contributed by atoms with Gasteiger partial charge in [-0.25, -0.2) is 0 Å². The van der Waals surface area contributed by atoms with Crippen LogP contribution in [0.1, 0.15) is 42.6 Å². The second-order valence-corrected chi connectivity index (χ2v) is 7.95. The van der Waals surface area contributed by atoms with E-state index in [1.807, 2.05) is 37.4 Å². The Kier molecular flexibility index (Phi) is 5.67. The molecule has 6 nitrogen and oxygen atoms in total. The molecule has 28 heavy (non-hydrogen) atoms. The monoisotopic (exact) mass is 382 g/mol. The van der Waals surface area contributed by atoms with Crippen molar-refractivity contribution in [2.45, 2.75) is 38.1 Å². The Morgan fingerprint density at radius 1 is 1.21 bits per heavy atom. The highest BCUT2D eigenvalue weighted by Gasteiger charge is 2.33. The lowest BCUT2D eigenvalue weighted by atomic mass is 9.83. The van der Waals surface area contributed by atoms with E-state index in [1.165, 1.54) is 45.2 Å². The van der Waals surface area contributed by atoms with E-state index in [0.717, 1.165) is 23.6 Å². The first-order valence-corrected chi connectivity index (χ1v) is 10.4. The molecule has 3 heterocycles. The molecule has 0 bridgehead atoms. The summed E-state index contributed by atoms with van der Waals surface area (Å²) in [7, 11) is 3.46. The van der Waals surface area contributed by atoms with Crippen molar-refractivity contribution < 1.29 is 9.53 Å². The van der Waals surface area contributed by atoms with Crippen LogP contribution in [0, 0.1) is 5.92 Å². The number of nitrogens with zero attached hydrogens (tertiary/aromatic N) is 3. The van der Waals surface area contributed by atoms with Gasteiger partial charge < -0.3 is 15.0 Å². The summed E-state index contributed by atoms with van der Waals surface area (Å²) in [6.45, 7) is 3.19. The SMILES string of the molecule is COc1ccccc1-c1cc(C(=O)NCC2CCCN3CCCCC23)n(C)n1. The molecule has 2 fully saturated rings. The molecule has 2 aliphatic rings. The van der Waals surface area contributed by atoms with E-state index in [4.69, 9.17) is 4.74 Å². The zero-order valence-corrected chi connectivity index (χ0v) is 16.9. The van der Waals surface area contributed by atoms with E-state index in [2.05, 4.69) is 15.3 Å². The molecule has 1 amide bonds. The molecule has 2 atom stereocenters. The van der Waals surface area contributed by atoms with Gasteiger partial charge in [0.05, 0.1) is 12.8 Å². The highest BCUT2D eigenvalue weighted by molar-refractivity contribution is 5.93. The zero-order chi connectivity index (χ0) is 19.5. The van der Waals surface area contributed by atoms with Crippen LogP contribution in [0.4, 0.5) is 0 Å². The average Bonchev–Trinajstić information content (AvgIpc) is 3.13. The first-order valence-electron chi connectivity index (χ1n) is 10.4. The standard InChI is InChI=1S/C22H30N4O2/c1-25-20(14-18(24-25)17-9-3-4-11-21(17)28-2)22(27)23-15-16-8-7-13-26-12-6-5-10-19(16)26/h3-4,9,11,14,16,19H,5-8,10,12-13,15H2,1-2H3,(H,23,27). The second kappa shape index (κ2) is 8.35. The molecule has 4 rings (SSSR count). The third-order valence-electron chi connectivity index (χ3n) is 6.25. The first kappa shape index (κ1) is 19.0. The molecule has 2 unspecified atom stereocenters. The van der Waals surface area contributed by atoms with Gasteiger partial charge >= 0.3 is 0 Å². The maximum absolute atomic E-state index is 12.9. The smallest absolute Gasteiger partial charge is 0.269 e. The van der Waals surface area contributed by atoms with Crippen LogP contribution in [0.2, 0.25) is 0 Å². The van der Waals surface area contributed by atoms with Crippen molar-refractivity contribution in [3.8, 4) is 17.0 Å². The van der Waals surface area contributed by atoms with Crippen LogP contribution >= 0.6 is 0 Å². The number of rotatable bonds is 5. The summed E-state index contributed by atoms with van der Waals surface area (Å²) < 4.78 is 7.09. The maximum Gasteiger partial charge on any atom is 0.269 e. The predicted octanol–water partition coefficient (Wildman–Crippen LogP) is 3.09. The number of aryl methyl sites for hydroxylation is 1. The molecular weight excluding hydrogens is 352 g/mol. The topological polar surface area (TPSA) is 59.4 Å². The van der Waals surface area contributed by atoms with Crippen LogP contribution < -0.4 is 10.1 Å². The highest BCUT2D eigenvalue weighted by atomic mass is 16.5. The molecular formula is C22H30N4O2. The number of hydrogen-bond donors (Lipinski definition) is 1. The number of para-hydroxylation sites is 1. The van der Waals surface area contributed by atoms with Gasteiger partial charge in [-0.2, -0.15) is 5.10 Å². The number of amides is 1.